The highest BCUT2D eigenvalue weighted by atomic mass is 16.5. The Hall–Kier alpha value is -1.92. The summed E-state index contributed by atoms with van der Waals surface area (Å²) in [5.41, 5.74) is 2.06. The van der Waals surface area contributed by atoms with Gasteiger partial charge in [0.15, 0.2) is 0 Å². The van der Waals surface area contributed by atoms with Crippen molar-refractivity contribution in [3.63, 3.8) is 0 Å². The van der Waals surface area contributed by atoms with E-state index in [1.807, 2.05) is 30.3 Å². The third-order valence-corrected chi connectivity index (χ3v) is 5.02. The molecule has 1 aliphatic heterocycles. The first-order valence-corrected chi connectivity index (χ1v) is 8.90. The average molecular weight is 343 g/mol. The van der Waals surface area contributed by atoms with E-state index in [0.717, 1.165) is 37.6 Å². The predicted molar refractivity (Wildman–Crippen MR) is 99.6 cm³/mol. The van der Waals surface area contributed by atoms with Crippen LogP contribution in [0.3, 0.4) is 0 Å². The Labute approximate surface area is 150 Å². The third kappa shape index (κ3) is 4.02. The minimum Gasteiger partial charge on any atom is -0.368 e. The first-order chi connectivity index (χ1) is 11.9. The molecule has 1 fully saturated rings. The molecule has 136 valence electrons. The van der Waals surface area contributed by atoms with E-state index in [2.05, 4.69) is 59.8 Å². The Morgan fingerprint density at radius 1 is 1.32 bits per heavy atom. The Balaban J connectivity index is 1.66. The van der Waals surface area contributed by atoms with Crippen molar-refractivity contribution in [3.05, 3.63) is 41.9 Å². The molecule has 6 heteroatoms. The van der Waals surface area contributed by atoms with E-state index in [1.54, 1.807) is 0 Å². The first-order valence-electron chi connectivity index (χ1n) is 8.90. The van der Waals surface area contributed by atoms with Crippen LogP contribution in [-0.2, 0) is 23.9 Å². The monoisotopic (exact) mass is 343 g/mol. The van der Waals surface area contributed by atoms with Gasteiger partial charge in [0.1, 0.15) is 11.4 Å². The van der Waals surface area contributed by atoms with E-state index in [0.29, 0.717) is 6.04 Å². The van der Waals surface area contributed by atoms with Gasteiger partial charge in [-0.2, -0.15) is 5.10 Å². The Morgan fingerprint density at radius 3 is 2.72 bits per heavy atom. The molecule has 1 saturated heterocycles. The molecule has 6 nitrogen and oxygen atoms in total. The summed E-state index contributed by atoms with van der Waals surface area (Å²) in [5.74, 6) is 1.01. The maximum Gasteiger partial charge on any atom is 0.128 e. The maximum absolute atomic E-state index is 6.09. The lowest BCUT2D eigenvalue weighted by atomic mass is 9.96. The number of pyridine rings is 1. The number of aromatic nitrogens is 3. The van der Waals surface area contributed by atoms with Crippen LogP contribution in [0.15, 0.2) is 30.7 Å². The van der Waals surface area contributed by atoms with Gasteiger partial charge in [0, 0.05) is 57.7 Å². The predicted octanol–water partition coefficient (Wildman–Crippen LogP) is 2.41. The summed E-state index contributed by atoms with van der Waals surface area (Å²) in [4.78, 5) is 9.23. The summed E-state index contributed by atoms with van der Waals surface area (Å²) in [5, 5.41) is 4.29. The second-order valence-electron chi connectivity index (χ2n) is 7.42. The molecular formula is C19H29N5O. The minimum absolute atomic E-state index is 0.308. The van der Waals surface area contributed by atoms with Crippen LogP contribution in [0, 0.1) is 0 Å². The molecule has 0 aromatic carbocycles. The van der Waals surface area contributed by atoms with Gasteiger partial charge in [0.05, 0.1) is 12.8 Å². The van der Waals surface area contributed by atoms with Crippen LogP contribution in [0.5, 0.6) is 0 Å². The van der Waals surface area contributed by atoms with Gasteiger partial charge in [-0.3, -0.25) is 9.58 Å². The molecule has 3 rings (SSSR count). The third-order valence-electron chi connectivity index (χ3n) is 5.02. The van der Waals surface area contributed by atoms with E-state index in [1.165, 1.54) is 5.56 Å². The molecule has 2 aromatic rings. The molecule has 0 spiro atoms. The fraction of sp³-hybridized carbons (Fsp3) is 0.579. The van der Waals surface area contributed by atoms with Crippen molar-refractivity contribution < 1.29 is 4.74 Å². The SMILES string of the molecule is CC(C)N(C)c1ccc(CN2CCO[C@](C)(c3cnn(C)c3)C2)cn1. The zero-order valence-electron chi connectivity index (χ0n) is 15.9. The second kappa shape index (κ2) is 7.14. The van der Waals surface area contributed by atoms with Crippen molar-refractivity contribution in [1.29, 1.82) is 0 Å². The average Bonchev–Trinajstić information content (AvgIpc) is 3.02. The van der Waals surface area contributed by atoms with Gasteiger partial charge in [-0.05, 0) is 32.4 Å². The van der Waals surface area contributed by atoms with Crippen molar-refractivity contribution in [1.82, 2.24) is 19.7 Å². The maximum atomic E-state index is 6.09. The van der Waals surface area contributed by atoms with E-state index in [4.69, 9.17) is 4.74 Å². The van der Waals surface area contributed by atoms with Crippen molar-refractivity contribution in [2.75, 3.05) is 31.6 Å². The van der Waals surface area contributed by atoms with Crippen molar-refractivity contribution in [2.45, 2.75) is 39.0 Å². The number of morpholine rings is 1. The van der Waals surface area contributed by atoms with Crippen LogP contribution >= 0.6 is 0 Å². The summed E-state index contributed by atoms with van der Waals surface area (Å²) in [6, 6.07) is 4.73. The highest BCUT2D eigenvalue weighted by molar-refractivity contribution is 5.39. The molecule has 25 heavy (non-hydrogen) atoms. The number of rotatable bonds is 5. The largest absolute Gasteiger partial charge is 0.368 e. The van der Waals surface area contributed by atoms with Gasteiger partial charge in [0.25, 0.3) is 0 Å². The van der Waals surface area contributed by atoms with Crippen LogP contribution < -0.4 is 4.90 Å². The summed E-state index contributed by atoms with van der Waals surface area (Å²) in [7, 11) is 4.02. The van der Waals surface area contributed by atoms with Crippen molar-refractivity contribution >= 4 is 5.82 Å². The van der Waals surface area contributed by atoms with Crippen LogP contribution in [-0.4, -0.2) is 52.5 Å². The van der Waals surface area contributed by atoms with E-state index in [9.17, 15) is 0 Å². The summed E-state index contributed by atoms with van der Waals surface area (Å²) in [6.07, 6.45) is 5.94. The first kappa shape index (κ1) is 17.9. The normalized spacial score (nSPS) is 21.7. The summed E-state index contributed by atoms with van der Waals surface area (Å²) in [6.45, 7) is 9.89. The summed E-state index contributed by atoms with van der Waals surface area (Å²) < 4.78 is 7.92. The Kier molecular flexibility index (Phi) is 5.11. The Morgan fingerprint density at radius 2 is 2.12 bits per heavy atom. The molecule has 0 aliphatic carbocycles. The van der Waals surface area contributed by atoms with Gasteiger partial charge >= 0.3 is 0 Å². The molecule has 3 heterocycles. The van der Waals surface area contributed by atoms with Crippen molar-refractivity contribution in [3.8, 4) is 0 Å². The topological polar surface area (TPSA) is 46.4 Å². The van der Waals surface area contributed by atoms with Gasteiger partial charge in [-0.15, -0.1) is 0 Å². The molecule has 0 saturated carbocycles. The molecule has 1 atom stereocenters. The zero-order chi connectivity index (χ0) is 18.0. The molecule has 2 aromatic heterocycles. The van der Waals surface area contributed by atoms with E-state index >= 15 is 0 Å². The standard InChI is InChI=1S/C19H29N5O/c1-15(2)23(5)18-7-6-16(10-20-18)12-24-8-9-25-19(3,14-24)17-11-21-22(4)13-17/h6-7,10-11,13,15H,8-9,12,14H2,1-5H3/t19-/m0/s1. The van der Waals surface area contributed by atoms with Gasteiger partial charge in [0.2, 0.25) is 0 Å². The van der Waals surface area contributed by atoms with Gasteiger partial charge in [-0.1, -0.05) is 6.07 Å². The molecule has 0 radical (unpaired) electrons. The van der Waals surface area contributed by atoms with Crippen molar-refractivity contribution in [2.24, 2.45) is 7.05 Å². The fourth-order valence-corrected chi connectivity index (χ4v) is 3.20. The number of ether oxygens (including phenoxy) is 1. The van der Waals surface area contributed by atoms with E-state index < -0.39 is 0 Å². The minimum atomic E-state index is -0.308. The molecule has 0 unspecified atom stereocenters. The highest BCUT2D eigenvalue weighted by Crippen LogP contribution is 2.29. The summed E-state index contributed by atoms with van der Waals surface area (Å²) >= 11 is 0. The lowest BCUT2D eigenvalue weighted by Crippen LogP contribution is -2.47. The lowest BCUT2D eigenvalue weighted by molar-refractivity contribution is -0.105. The number of nitrogens with zero attached hydrogens (tertiary/aromatic N) is 5. The van der Waals surface area contributed by atoms with E-state index in [-0.39, 0.29) is 5.60 Å². The van der Waals surface area contributed by atoms with Crippen LogP contribution in [0.2, 0.25) is 0 Å². The number of hydrogen-bond acceptors (Lipinski definition) is 5. The van der Waals surface area contributed by atoms with Crippen LogP contribution in [0.4, 0.5) is 5.82 Å². The number of aryl methyl sites for hydroxylation is 1. The zero-order valence-corrected chi connectivity index (χ0v) is 15.9. The molecule has 0 amide bonds. The fourth-order valence-electron chi connectivity index (χ4n) is 3.20. The van der Waals surface area contributed by atoms with Gasteiger partial charge < -0.3 is 9.64 Å². The Bertz CT molecular complexity index is 696. The molecule has 1 aliphatic rings. The quantitative estimate of drug-likeness (QED) is 0.834. The molecule has 0 bridgehead atoms. The van der Waals surface area contributed by atoms with Crippen LogP contribution in [0.25, 0.3) is 0 Å². The highest BCUT2D eigenvalue weighted by Gasteiger charge is 2.34. The molecule has 0 N–H and O–H groups in total. The smallest absolute Gasteiger partial charge is 0.128 e. The van der Waals surface area contributed by atoms with Gasteiger partial charge in [-0.25, -0.2) is 4.98 Å². The second-order valence-corrected chi connectivity index (χ2v) is 7.42. The lowest BCUT2D eigenvalue weighted by Gasteiger charge is -2.40. The molecular weight excluding hydrogens is 314 g/mol. The number of hydrogen-bond donors (Lipinski definition) is 0. The number of anilines is 1. The van der Waals surface area contributed by atoms with Crippen LogP contribution in [0.1, 0.15) is 31.9 Å².